The Balaban J connectivity index is 2.10. The Morgan fingerprint density at radius 3 is 2.81 bits per heavy atom. The second-order valence-corrected chi connectivity index (χ2v) is 10.3. The van der Waals surface area contributed by atoms with Crippen LogP contribution in [0.25, 0.3) is 10.2 Å². The molecule has 0 bridgehead atoms. The number of thiophene rings is 1. The minimum absolute atomic E-state index is 0.0518. The second-order valence-electron chi connectivity index (χ2n) is 7.94. The average molecular weight is 408 g/mol. The minimum atomic E-state index is -0.292. The van der Waals surface area contributed by atoms with Gasteiger partial charge in [-0.25, -0.2) is 4.98 Å². The first-order valence-electron chi connectivity index (χ1n) is 9.75. The zero-order chi connectivity index (χ0) is 19.7. The first-order valence-corrected chi connectivity index (χ1v) is 11.4. The van der Waals surface area contributed by atoms with Gasteiger partial charge in [0.2, 0.25) is 5.91 Å². The highest BCUT2D eigenvalue weighted by atomic mass is 32.2. The van der Waals surface area contributed by atoms with E-state index in [-0.39, 0.29) is 16.7 Å². The second kappa shape index (κ2) is 8.35. The van der Waals surface area contributed by atoms with Crippen LogP contribution in [0.15, 0.2) is 9.95 Å². The molecule has 1 N–H and O–H groups in total. The van der Waals surface area contributed by atoms with Gasteiger partial charge in [0.25, 0.3) is 5.56 Å². The molecule has 3 rings (SSSR count). The monoisotopic (exact) mass is 407 g/mol. The maximum Gasteiger partial charge on any atom is 0.263 e. The largest absolute Gasteiger partial charge is 0.358 e. The predicted molar refractivity (Wildman–Crippen MR) is 114 cm³/mol. The van der Waals surface area contributed by atoms with E-state index in [1.807, 2.05) is 6.92 Å². The minimum Gasteiger partial charge on any atom is -0.358 e. The zero-order valence-electron chi connectivity index (χ0n) is 16.8. The molecule has 27 heavy (non-hydrogen) atoms. The summed E-state index contributed by atoms with van der Waals surface area (Å²) in [6.45, 7) is 9.08. The quantitative estimate of drug-likeness (QED) is 0.583. The van der Waals surface area contributed by atoms with Crippen molar-refractivity contribution in [2.24, 2.45) is 11.8 Å². The lowest BCUT2D eigenvalue weighted by Gasteiger charge is -2.18. The molecule has 2 unspecified atom stereocenters. The molecule has 0 fully saturated rings. The molecule has 0 saturated carbocycles. The van der Waals surface area contributed by atoms with Gasteiger partial charge in [-0.3, -0.25) is 14.2 Å². The van der Waals surface area contributed by atoms with E-state index >= 15 is 0 Å². The van der Waals surface area contributed by atoms with Crippen molar-refractivity contribution >= 4 is 39.2 Å². The number of amides is 1. The summed E-state index contributed by atoms with van der Waals surface area (Å²) in [5.41, 5.74) is 1.29. The Hall–Kier alpha value is -1.34. The summed E-state index contributed by atoms with van der Waals surface area (Å²) in [6.07, 6.45) is 4.06. The topological polar surface area (TPSA) is 64.0 Å². The fourth-order valence-corrected chi connectivity index (χ4v) is 5.91. The Bertz CT molecular complexity index is 901. The molecule has 0 radical (unpaired) electrons. The van der Waals surface area contributed by atoms with Gasteiger partial charge in [0.05, 0.1) is 10.6 Å². The summed E-state index contributed by atoms with van der Waals surface area (Å²) >= 11 is 3.04. The summed E-state index contributed by atoms with van der Waals surface area (Å²) in [4.78, 5) is 32.4. The van der Waals surface area contributed by atoms with Gasteiger partial charge < -0.3 is 5.32 Å². The molecule has 2 atom stereocenters. The summed E-state index contributed by atoms with van der Waals surface area (Å²) in [5.74, 6) is 1.11. The van der Waals surface area contributed by atoms with Gasteiger partial charge in [0.15, 0.2) is 5.16 Å². The summed E-state index contributed by atoms with van der Waals surface area (Å²) in [7, 11) is 1.64. The van der Waals surface area contributed by atoms with E-state index in [1.165, 1.54) is 22.2 Å². The van der Waals surface area contributed by atoms with Crippen molar-refractivity contribution in [2.75, 3.05) is 7.05 Å². The van der Waals surface area contributed by atoms with E-state index in [4.69, 9.17) is 4.98 Å². The Morgan fingerprint density at radius 2 is 2.15 bits per heavy atom. The Labute approximate surface area is 169 Å². The third kappa shape index (κ3) is 4.24. The lowest BCUT2D eigenvalue weighted by molar-refractivity contribution is -0.119. The molecular formula is C20H29N3O2S2. The van der Waals surface area contributed by atoms with Gasteiger partial charge in [0, 0.05) is 18.5 Å². The zero-order valence-corrected chi connectivity index (χ0v) is 18.4. The van der Waals surface area contributed by atoms with Gasteiger partial charge in [0.1, 0.15) is 4.83 Å². The van der Waals surface area contributed by atoms with E-state index in [0.717, 1.165) is 35.9 Å². The molecule has 0 aromatic carbocycles. The highest BCUT2D eigenvalue weighted by molar-refractivity contribution is 8.00. The molecule has 7 heteroatoms. The van der Waals surface area contributed by atoms with Gasteiger partial charge in [-0.15, -0.1) is 11.3 Å². The highest BCUT2D eigenvalue weighted by Crippen LogP contribution is 2.37. The number of hydrogen-bond donors (Lipinski definition) is 1. The van der Waals surface area contributed by atoms with Crippen LogP contribution in [0.5, 0.6) is 0 Å². The number of aromatic nitrogens is 2. The van der Waals surface area contributed by atoms with Crippen LogP contribution in [0.3, 0.4) is 0 Å². The van der Waals surface area contributed by atoms with Gasteiger partial charge in [-0.1, -0.05) is 32.5 Å². The van der Waals surface area contributed by atoms with Crippen LogP contribution in [0.1, 0.15) is 51.0 Å². The highest BCUT2D eigenvalue weighted by Gasteiger charge is 2.26. The number of nitrogens with zero attached hydrogens (tertiary/aromatic N) is 2. The van der Waals surface area contributed by atoms with Crippen molar-refractivity contribution in [1.82, 2.24) is 14.9 Å². The molecule has 1 aliphatic rings. The summed E-state index contributed by atoms with van der Waals surface area (Å²) < 4.78 is 1.80. The maximum absolute atomic E-state index is 13.4. The molecule has 2 aromatic heterocycles. The summed E-state index contributed by atoms with van der Waals surface area (Å²) in [5, 5.41) is 3.87. The van der Waals surface area contributed by atoms with Crippen LogP contribution in [-0.2, 0) is 24.2 Å². The normalized spacial score (nSPS) is 17.9. The number of hydrogen-bond acceptors (Lipinski definition) is 5. The number of rotatable bonds is 6. The van der Waals surface area contributed by atoms with Crippen molar-refractivity contribution in [2.45, 2.75) is 70.3 Å². The molecule has 2 heterocycles. The van der Waals surface area contributed by atoms with Crippen LogP contribution in [0, 0.1) is 11.8 Å². The van der Waals surface area contributed by atoms with Gasteiger partial charge >= 0.3 is 0 Å². The smallest absolute Gasteiger partial charge is 0.263 e. The maximum atomic E-state index is 13.4. The first kappa shape index (κ1) is 20.4. The average Bonchev–Trinajstić information content (AvgIpc) is 2.97. The molecule has 0 spiro atoms. The molecule has 1 aliphatic carbocycles. The third-order valence-corrected chi connectivity index (χ3v) is 7.45. The lowest BCUT2D eigenvalue weighted by atomic mass is 9.89. The number of carbonyl (C=O) groups is 1. The standard InChI is InChI=1S/C20H29N3O2S2/c1-11(2)8-9-23-19(25)16-14-7-6-12(3)10-15(14)27-18(16)22-20(23)26-13(4)17(24)21-5/h11-13H,6-10H2,1-5H3,(H,21,24). The van der Waals surface area contributed by atoms with Crippen molar-refractivity contribution < 1.29 is 4.79 Å². The van der Waals surface area contributed by atoms with Gasteiger partial charge in [-0.2, -0.15) is 0 Å². The molecule has 0 saturated heterocycles. The third-order valence-electron chi connectivity index (χ3n) is 5.21. The van der Waals surface area contributed by atoms with Crippen molar-refractivity contribution in [3.63, 3.8) is 0 Å². The van der Waals surface area contributed by atoms with E-state index < -0.39 is 0 Å². The van der Waals surface area contributed by atoms with Crippen molar-refractivity contribution in [3.8, 4) is 0 Å². The Kier molecular flexibility index (Phi) is 6.31. The predicted octanol–water partition coefficient (Wildman–Crippen LogP) is 3.86. The number of nitrogens with one attached hydrogen (secondary N) is 1. The van der Waals surface area contributed by atoms with Crippen molar-refractivity contribution in [3.05, 3.63) is 20.8 Å². The van der Waals surface area contributed by atoms with Crippen LogP contribution in [0.2, 0.25) is 0 Å². The number of carbonyl (C=O) groups excluding carboxylic acids is 1. The number of aryl methyl sites for hydroxylation is 1. The first-order chi connectivity index (χ1) is 12.8. The molecule has 148 valence electrons. The molecule has 0 aliphatic heterocycles. The number of fused-ring (bicyclic) bond motifs is 3. The fourth-order valence-electron chi connectivity index (χ4n) is 3.49. The van der Waals surface area contributed by atoms with Crippen LogP contribution in [0.4, 0.5) is 0 Å². The van der Waals surface area contributed by atoms with Crippen LogP contribution >= 0.6 is 23.1 Å². The van der Waals surface area contributed by atoms with E-state index in [1.54, 1.807) is 23.0 Å². The van der Waals surface area contributed by atoms with E-state index in [2.05, 4.69) is 26.1 Å². The van der Waals surface area contributed by atoms with Crippen LogP contribution < -0.4 is 10.9 Å². The molecule has 1 amide bonds. The van der Waals surface area contributed by atoms with Crippen molar-refractivity contribution in [1.29, 1.82) is 0 Å². The van der Waals surface area contributed by atoms with E-state index in [0.29, 0.717) is 23.5 Å². The SMILES string of the molecule is CNC(=O)C(C)Sc1nc2sc3c(c2c(=O)n1CCC(C)C)CCC(C)C3. The summed E-state index contributed by atoms with van der Waals surface area (Å²) in [6, 6.07) is 0. The fraction of sp³-hybridized carbons (Fsp3) is 0.650. The lowest BCUT2D eigenvalue weighted by Crippen LogP contribution is -2.29. The van der Waals surface area contributed by atoms with Crippen LogP contribution in [-0.4, -0.2) is 27.8 Å². The number of thioether (sulfide) groups is 1. The molecule has 5 nitrogen and oxygen atoms in total. The van der Waals surface area contributed by atoms with E-state index in [9.17, 15) is 9.59 Å². The molecule has 2 aromatic rings. The molecular weight excluding hydrogens is 378 g/mol. The Morgan fingerprint density at radius 1 is 1.41 bits per heavy atom. The van der Waals surface area contributed by atoms with Gasteiger partial charge in [-0.05, 0) is 50.0 Å².